The topological polar surface area (TPSA) is 77.2 Å². The van der Waals surface area contributed by atoms with Crippen molar-refractivity contribution in [2.45, 2.75) is 44.6 Å². The average Bonchev–Trinajstić information content (AvgIpc) is 2.96. The lowest BCUT2D eigenvalue weighted by Crippen LogP contribution is -2.36. The lowest BCUT2D eigenvalue weighted by molar-refractivity contribution is 0.0500. The Morgan fingerprint density at radius 3 is 2.64 bits per heavy atom. The van der Waals surface area contributed by atoms with Crippen LogP contribution in [0.15, 0.2) is 28.8 Å². The fraction of sp³-hybridized carbons (Fsp3) is 0.471. The number of hydrogen-bond acceptors (Lipinski definition) is 6. The lowest BCUT2D eigenvalue weighted by Gasteiger charge is -2.22. The van der Waals surface area contributed by atoms with Gasteiger partial charge in [-0.3, -0.25) is 0 Å². The quantitative estimate of drug-likeness (QED) is 0.796. The van der Waals surface area contributed by atoms with Crippen molar-refractivity contribution in [3.63, 3.8) is 0 Å². The van der Waals surface area contributed by atoms with Crippen LogP contribution >= 0.6 is 23.4 Å². The molecule has 0 aliphatic carbocycles. The minimum absolute atomic E-state index is 0.421. The summed E-state index contributed by atoms with van der Waals surface area (Å²) in [6, 6.07) is 6.94. The third kappa shape index (κ3) is 6.59. The molecule has 2 aromatic rings. The summed E-state index contributed by atoms with van der Waals surface area (Å²) in [6.45, 7) is 5.43. The summed E-state index contributed by atoms with van der Waals surface area (Å²) in [7, 11) is 0. The molecule has 0 fully saturated rings. The number of carbonyl (C=O) groups excluding carboxylic acids is 1. The summed E-state index contributed by atoms with van der Waals surface area (Å²) in [5, 5.41) is 7.48. The van der Waals surface area contributed by atoms with E-state index in [9.17, 15) is 4.79 Å². The Kier molecular flexibility index (Phi) is 6.72. The van der Waals surface area contributed by atoms with Gasteiger partial charge in [-0.2, -0.15) is 16.7 Å². The van der Waals surface area contributed by atoms with Crippen LogP contribution in [0.3, 0.4) is 0 Å². The molecule has 0 unspecified atom stereocenters. The maximum absolute atomic E-state index is 12.2. The van der Waals surface area contributed by atoms with E-state index in [-0.39, 0.29) is 0 Å². The summed E-state index contributed by atoms with van der Waals surface area (Å²) in [4.78, 5) is 16.5. The van der Waals surface area contributed by atoms with Gasteiger partial charge in [-0.05, 0) is 44.7 Å². The van der Waals surface area contributed by atoms with Crippen molar-refractivity contribution >= 4 is 29.5 Å². The molecule has 136 valence electrons. The Labute approximate surface area is 156 Å². The molecule has 0 spiro atoms. The first kappa shape index (κ1) is 19.6. The van der Waals surface area contributed by atoms with E-state index in [1.807, 2.05) is 39.2 Å². The van der Waals surface area contributed by atoms with Crippen molar-refractivity contribution in [3.05, 3.63) is 46.6 Å². The van der Waals surface area contributed by atoms with Crippen LogP contribution in [0, 0.1) is 0 Å². The Morgan fingerprint density at radius 1 is 1.36 bits per heavy atom. The summed E-state index contributed by atoms with van der Waals surface area (Å²) in [5.74, 6) is 1.56. The highest BCUT2D eigenvalue weighted by atomic mass is 35.5. The molecule has 0 bridgehead atoms. The highest BCUT2D eigenvalue weighted by Crippen LogP contribution is 2.20. The normalized spacial score (nSPS) is 12.7. The van der Waals surface area contributed by atoms with Gasteiger partial charge in [0.1, 0.15) is 5.60 Å². The number of rotatable bonds is 6. The first-order valence-corrected chi connectivity index (χ1v) is 9.59. The van der Waals surface area contributed by atoms with Crippen LogP contribution in [0.5, 0.6) is 0 Å². The van der Waals surface area contributed by atoms with Gasteiger partial charge in [-0.15, -0.1) is 0 Å². The third-order valence-corrected chi connectivity index (χ3v) is 3.89. The molecule has 1 N–H and O–H groups in total. The van der Waals surface area contributed by atoms with E-state index in [4.69, 9.17) is 20.9 Å². The lowest BCUT2D eigenvalue weighted by atomic mass is 10.1. The molecule has 0 saturated heterocycles. The number of alkyl carbamates (subject to hydrolysis) is 1. The van der Waals surface area contributed by atoms with E-state index in [1.165, 1.54) is 0 Å². The fourth-order valence-corrected chi connectivity index (χ4v) is 2.59. The molecule has 1 amide bonds. The van der Waals surface area contributed by atoms with Crippen LogP contribution in [0.25, 0.3) is 0 Å². The average molecular weight is 384 g/mol. The van der Waals surface area contributed by atoms with E-state index < -0.39 is 17.7 Å². The number of ether oxygens (including phenoxy) is 1. The predicted octanol–water partition coefficient (Wildman–Crippen LogP) is 4.39. The van der Waals surface area contributed by atoms with Crippen LogP contribution in [-0.4, -0.2) is 28.1 Å². The third-order valence-electron chi connectivity index (χ3n) is 3.11. The van der Waals surface area contributed by atoms with Crippen LogP contribution < -0.4 is 5.32 Å². The minimum Gasteiger partial charge on any atom is -0.444 e. The second-order valence-corrected chi connectivity index (χ2v) is 7.81. The number of nitrogens with zero attached hydrogens (tertiary/aromatic N) is 2. The van der Waals surface area contributed by atoms with E-state index in [2.05, 4.69) is 15.5 Å². The smallest absolute Gasteiger partial charge is 0.408 e. The standard InChI is InChI=1S/C17H22ClN3O3S/c1-17(2,3)23-16(22)19-13(9-11-5-7-12(18)8-6-11)15-20-14(10-25-4)24-21-15/h5-8,13H,9-10H2,1-4H3,(H,19,22)/t13-/m0/s1. The van der Waals surface area contributed by atoms with Crippen molar-refractivity contribution in [2.75, 3.05) is 6.26 Å². The number of aromatic nitrogens is 2. The second kappa shape index (κ2) is 8.58. The Morgan fingerprint density at radius 2 is 2.04 bits per heavy atom. The molecule has 0 saturated carbocycles. The Balaban J connectivity index is 2.17. The summed E-state index contributed by atoms with van der Waals surface area (Å²) in [6.07, 6.45) is 1.92. The molecule has 0 aliphatic heterocycles. The number of thioether (sulfide) groups is 1. The maximum Gasteiger partial charge on any atom is 0.408 e. The SMILES string of the molecule is CSCc1nc([C@H](Cc2ccc(Cl)cc2)NC(=O)OC(C)(C)C)no1. The van der Waals surface area contributed by atoms with E-state index >= 15 is 0 Å². The summed E-state index contributed by atoms with van der Waals surface area (Å²) >= 11 is 7.51. The summed E-state index contributed by atoms with van der Waals surface area (Å²) in [5.41, 5.74) is 0.401. The number of halogens is 1. The Bertz CT molecular complexity index is 698. The largest absolute Gasteiger partial charge is 0.444 e. The molecule has 1 aromatic heterocycles. The number of amides is 1. The molecule has 0 radical (unpaired) electrons. The molecule has 1 aromatic carbocycles. The van der Waals surface area contributed by atoms with Gasteiger partial charge in [-0.25, -0.2) is 4.79 Å². The van der Waals surface area contributed by atoms with Gasteiger partial charge in [0.05, 0.1) is 11.8 Å². The van der Waals surface area contributed by atoms with Gasteiger partial charge in [0, 0.05) is 11.4 Å². The van der Waals surface area contributed by atoms with Gasteiger partial charge in [-0.1, -0.05) is 28.9 Å². The summed E-state index contributed by atoms with van der Waals surface area (Å²) < 4.78 is 10.6. The van der Waals surface area contributed by atoms with Gasteiger partial charge < -0.3 is 14.6 Å². The number of benzene rings is 1. The zero-order valence-corrected chi connectivity index (χ0v) is 16.3. The number of hydrogen-bond donors (Lipinski definition) is 1. The molecule has 25 heavy (non-hydrogen) atoms. The zero-order chi connectivity index (χ0) is 18.4. The highest BCUT2D eigenvalue weighted by molar-refractivity contribution is 7.97. The molecule has 0 aliphatic rings. The van der Waals surface area contributed by atoms with E-state index in [1.54, 1.807) is 23.9 Å². The maximum atomic E-state index is 12.2. The highest BCUT2D eigenvalue weighted by Gasteiger charge is 2.24. The van der Waals surface area contributed by atoms with Crippen LogP contribution in [0.4, 0.5) is 4.79 Å². The molecule has 1 heterocycles. The van der Waals surface area contributed by atoms with Crippen LogP contribution in [0.1, 0.15) is 44.1 Å². The molecular formula is C17H22ClN3O3S. The molecule has 6 nitrogen and oxygen atoms in total. The number of nitrogens with one attached hydrogen (secondary N) is 1. The molecule has 2 rings (SSSR count). The van der Waals surface area contributed by atoms with Crippen LogP contribution in [-0.2, 0) is 16.9 Å². The van der Waals surface area contributed by atoms with E-state index in [0.717, 1.165) is 5.56 Å². The molecular weight excluding hydrogens is 362 g/mol. The molecule has 1 atom stereocenters. The van der Waals surface area contributed by atoms with Crippen molar-refractivity contribution < 1.29 is 14.1 Å². The second-order valence-electron chi connectivity index (χ2n) is 6.51. The number of carbonyl (C=O) groups is 1. The minimum atomic E-state index is -0.587. The predicted molar refractivity (Wildman–Crippen MR) is 98.8 cm³/mol. The van der Waals surface area contributed by atoms with Gasteiger partial charge in [0.2, 0.25) is 5.89 Å². The van der Waals surface area contributed by atoms with Crippen molar-refractivity contribution in [2.24, 2.45) is 0 Å². The Hall–Kier alpha value is -1.73. The van der Waals surface area contributed by atoms with Gasteiger partial charge in [0.25, 0.3) is 0 Å². The first-order valence-electron chi connectivity index (χ1n) is 7.82. The zero-order valence-electron chi connectivity index (χ0n) is 14.7. The van der Waals surface area contributed by atoms with Crippen molar-refractivity contribution in [1.29, 1.82) is 0 Å². The van der Waals surface area contributed by atoms with Gasteiger partial charge in [0.15, 0.2) is 5.82 Å². The molecule has 8 heteroatoms. The van der Waals surface area contributed by atoms with E-state index in [0.29, 0.717) is 28.9 Å². The van der Waals surface area contributed by atoms with Crippen LogP contribution in [0.2, 0.25) is 5.02 Å². The monoisotopic (exact) mass is 383 g/mol. The first-order chi connectivity index (χ1) is 11.8. The van der Waals surface area contributed by atoms with Crippen molar-refractivity contribution in [1.82, 2.24) is 15.5 Å². The van der Waals surface area contributed by atoms with Gasteiger partial charge >= 0.3 is 6.09 Å². The van der Waals surface area contributed by atoms with Crippen molar-refractivity contribution in [3.8, 4) is 0 Å². The fourth-order valence-electron chi connectivity index (χ4n) is 2.10.